The average molecular weight is 365 g/mol. The maximum Gasteiger partial charge on any atom is 0.254 e. The van der Waals surface area contributed by atoms with Crippen molar-refractivity contribution in [3.8, 4) is 11.4 Å². The van der Waals surface area contributed by atoms with Crippen molar-refractivity contribution in [3.05, 3.63) is 51.9 Å². The molecular formula is C22H27N3O2. The first-order valence-corrected chi connectivity index (χ1v) is 10.2. The number of nitrogens with zero attached hydrogens (tertiary/aromatic N) is 2. The summed E-state index contributed by atoms with van der Waals surface area (Å²) in [5, 5.41) is 0. The molecule has 0 saturated carbocycles. The zero-order valence-electron chi connectivity index (χ0n) is 15.7. The lowest BCUT2D eigenvalue weighted by Crippen LogP contribution is -2.44. The highest BCUT2D eigenvalue weighted by molar-refractivity contribution is 5.55. The molecule has 5 nitrogen and oxygen atoms in total. The lowest BCUT2D eigenvalue weighted by atomic mass is 9.76. The molecule has 2 aliphatic heterocycles. The SMILES string of the molecule is O=c1[nH]c(-c2ccccc2)nc2c1CCC21CCN(CC2CCOC2)CC1. The van der Waals surface area contributed by atoms with E-state index in [9.17, 15) is 4.79 Å². The fourth-order valence-electron chi connectivity index (χ4n) is 5.13. The summed E-state index contributed by atoms with van der Waals surface area (Å²) in [7, 11) is 0. The van der Waals surface area contributed by atoms with Crippen molar-refractivity contribution in [3.63, 3.8) is 0 Å². The number of likely N-dealkylation sites (tertiary alicyclic amines) is 1. The smallest absolute Gasteiger partial charge is 0.254 e. The Morgan fingerprint density at radius 2 is 2.00 bits per heavy atom. The Kier molecular flexibility index (Phi) is 4.37. The van der Waals surface area contributed by atoms with Gasteiger partial charge in [0.25, 0.3) is 5.56 Å². The Labute approximate surface area is 159 Å². The summed E-state index contributed by atoms with van der Waals surface area (Å²) in [6.45, 7) is 5.20. The van der Waals surface area contributed by atoms with Crippen molar-refractivity contribution in [2.45, 2.75) is 37.5 Å². The topological polar surface area (TPSA) is 58.2 Å². The highest BCUT2D eigenvalue weighted by Crippen LogP contribution is 2.44. The van der Waals surface area contributed by atoms with Gasteiger partial charge >= 0.3 is 0 Å². The van der Waals surface area contributed by atoms with Crippen molar-refractivity contribution in [1.82, 2.24) is 14.9 Å². The van der Waals surface area contributed by atoms with Crippen LogP contribution in [0, 0.1) is 5.92 Å². The Balaban J connectivity index is 1.39. The fourth-order valence-corrected chi connectivity index (χ4v) is 5.13. The Hall–Kier alpha value is -1.98. The number of aromatic amines is 1. The van der Waals surface area contributed by atoms with E-state index in [4.69, 9.17) is 9.72 Å². The highest BCUT2D eigenvalue weighted by atomic mass is 16.5. The van der Waals surface area contributed by atoms with E-state index in [0.717, 1.165) is 75.4 Å². The third-order valence-electron chi connectivity index (χ3n) is 6.77. The third-order valence-corrected chi connectivity index (χ3v) is 6.77. The molecule has 5 heteroatoms. The molecule has 0 bridgehead atoms. The van der Waals surface area contributed by atoms with Crippen LogP contribution in [0.5, 0.6) is 0 Å². The Morgan fingerprint density at radius 1 is 1.19 bits per heavy atom. The van der Waals surface area contributed by atoms with Crippen LogP contribution in [0.2, 0.25) is 0 Å². The van der Waals surface area contributed by atoms with Crippen molar-refractivity contribution in [2.24, 2.45) is 5.92 Å². The van der Waals surface area contributed by atoms with Gasteiger partial charge in [0.1, 0.15) is 5.82 Å². The first-order chi connectivity index (χ1) is 13.2. The second-order valence-electron chi connectivity index (χ2n) is 8.42. The molecule has 0 amide bonds. The molecule has 3 heterocycles. The predicted molar refractivity (Wildman–Crippen MR) is 105 cm³/mol. The molecule has 3 aliphatic rings. The van der Waals surface area contributed by atoms with Crippen molar-refractivity contribution in [1.29, 1.82) is 0 Å². The molecule has 1 aromatic carbocycles. The van der Waals surface area contributed by atoms with Crippen LogP contribution >= 0.6 is 0 Å². The molecule has 5 rings (SSSR count). The van der Waals surface area contributed by atoms with E-state index in [1.54, 1.807) is 0 Å². The number of aromatic nitrogens is 2. The number of ether oxygens (including phenoxy) is 1. The van der Waals surface area contributed by atoms with Crippen LogP contribution in [0.4, 0.5) is 0 Å². The quantitative estimate of drug-likeness (QED) is 0.909. The van der Waals surface area contributed by atoms with Crippen LogP contribution in [0.3, 0.4) is 0 Å². The Bertz CT molecular complexity index is 863. The van der Waals surface area contributed by atoms with E-state index in [0.29, 0.717) is 11.7 Å². The maximum atomic E-state index is 12.7. The largest absolute Gasteiger partial charge is 0.381 e. The van der Waals surface area contributed by atoms with Gasteiger partial charge in [0.05, 0.1) is 12.3 Å². The molecule has 1 N–H and O–H groups in total. The lowest BCUT2D eigenvalue weighted by molar-refractivity contribution is 0.126. The van der Waals surface area contributed by atoms with Gasteiger partial charge in [-0.15, -0.1) is 0 Å². The van der Waals surface area contributed by atoms with Crippen LogP contribution < -0.4 is 5.56 Å². The van der Waals surface area contributed by atoms with Crippen molar-refractivity contribution < 1.29 is 4.74 Å². The van der Waals surface area contributed by atoms with Crippen LogP contribution in [-0.4, -0.2) is 47.7 Å². The number of piperidine rings is 1. The molecular weight excluding hydrogens is 338 g/mol. The van der Waals surface area contributed by atoms with Crippen LogP contribution in [0.25, 0.3) is 11.4 Å². The monoisotopic (exact) mass is 365 g/mol. The molecule has 2 fully saturated rings. The number of fused-ring (bicyclic) bond motifs is 2. The molecule has 1 aliphatic carbocycles. The van der Waals surface area contributed by atoms with Gasteiger partial charge < -0.3 is 14.6 Å². The van der Waals surface area contributed by atoms with Gasteiger partial charge in [-0.1, -0.05) is 30.3 Å². The molecule has 1 spiro atoms. The summed E-state index contributed by atoms with van der Waals surface area (Å²) in [6.07, 6.45) is 5.35. The second-order valence-corrected chi connectivity index (χ2v) is 8.42. The molecule has 2 aromatic rings. The van der Waals surface area contributed by atoms with E-state index in [1.807, 2.05) is 30.3 Å². The van der Waals surface area contributed by atoms with Gasteiger partial charge in [-0.2, -0.15) is 0 Å². The van der Waals surface area contributed by atoms with Gasteiger partial charge in [0.2, 0.25) is 0 Å². The van der Waals surface area contributed by atoms with E-state index in [2.05, 4.69) is 9.88 Å². The third kappa shape index (κ3) is 3.13. The van der Waals surface area contributed by atoms with Gasteiger partial charge in [-0.25, -0.2) is 4.98 Å². The maximum absolute atomic E-state index is 12.7. The van der Waals surface area contributed by atoms with Crippen LogP contribution in [0.1, 0.15) is 36.9 Å². The normalized spacial score (nSPS) is 24.4. The standard InChI is InChI=1S/C22H27N3O2/c26-21-18-6-8-22(9-11-25(12-10-22)14-16-7-13-27-15-16)19(18)23-20(24-21)17-4-2-1-3-5-17/h1-5,16H,6-15H2,(H,23,24,26). The number of H-pyrrole nitrogens is 1. The average Bonchev–Trinajstić information content (AvgIpc) is 3.33. The summed E-state index contributed by atoms with van der Waals surface area (Å²) in [4.78, 5) is 23.3. The predicted octanol–water partition coefficient (Wildman–Crippen LogP) is 2.75. The minimum absolute atomic E-state index is 0.0567. The lowest BCUT2D eigenvalue weighted by Gasteiger charge is -2.40. The van der Waals surface area contributed by atoms with Gasteiger partial charge in [0, 0.05) is 29.7 Å². The summed E-state index contributed by atoms with van der Waals surface area (Å²) < 4.78 is 5.53. The molecule has 1 atom stereocenters. The van der Waals surface area contributed by atoms with Gasteiger partial charge in [-0.3, -0.25) is 4.79 Å². The van der Waals surface area contributed by atoms with Gasteiger partial charge in [-0.05, 0) is 51.1 Å². The summed E-state index contributed by atoms with van der Waals surface area (Å²) in [5.74, 6) is 1.41. The van der Waals surface area contributed by atoms with Crippen molar-refractivity contribution >= 4 is 0 Å². The number of benzene rings is 1. The summed E-state index contributed by atoms with van der Waals surface area (Å²) in [6, 6.07) is 9.99. The number of hydrogen-bond donors (Lipinski definition) is 1. The zero-order valence-corrected chi connectivity index (χ0v) is 15.7. The molecule has 27 heavy (non-hydrogen) atoms. The van der Waals surface area contributed by atoms with E-state index >= 15 is 0 Å². The second kappa shape index (κ2) is 6.88. The zero-order chi connectivity index (χ0) is 18.3. The summed E-state index contributed by atoms with van der Waals surface area (Å²) in [5.41, 5.74) is 3.14. The highest BCUT2D eigenvalue weighted by Gasteiger charge is 2.44. The molecule has 0 radical (unpaired) electrons. The Morgan fingerprint density at radius 3 is 2.74 bits per heavy atom. The minimum atomic E-state index is 0.0567. The minimum Gasteiger partial charge on any atom is -0.381 e. The van der Waals surface area contributed by atoms with Crippen molar-refractivity contribution in [2.75, 3.05) is 32.8 Å². The van der Waals surface area contributed by atoms with Crippen LogP contribution in [0.15, 0.2) is 35.1 Å². The number of hydrogen-bond acceptors (Lipinski definition) is 4. The number of rotatable bonds is 3. The van der Waals surface area contributed by atoms with Gasteiger partial charge in [0.15, 0.2) is 0 Å². The van der Waals surface area contributed by atoms with E-state index < -0.39 is 0 Å². The molecule has 1 aromatic heterocycles. The molecule has 142 valence electrons. The first-order valence-electron chi connectivity index (χ1n) is 10.2. The first kappa shape index (κ1) is 17.1. The fraction of sp³-hybridized carbons (Fsp3) is 0.545. The number of nitrogens with one attached hydrogen (secondary N) is 1. The molecule has 1 unspecified atom stereocenters. The van der Waals surface area contributed by atoms with E-state index in [1.165, 1.54) is 6.42 Å². The van der Waals surface area contributed by atoms with Crippen LogP contribution in [-0.2, 0) is 16.6 Å². The van der Waals surface area contributed by atoms with E-state index in [-0.39, 0.29) is 11.0 Å². The summed E-state index contributed by atoms with van der Waals surface area (Å²) >= 11 is 0. The molecule has 2 saturated heterocycles.